The predicted molar refractivity (Wildman–Crippen MR) is 73.1 cm³/mol. The van der Waals surface area contributed by atoms with Crippen molar-refractivity contribution in [3.05, 3.63) is 33.8 Å². The second-order valence-corrected chi connectivity index (χ2v) is 5.62. The van der Waals surface area contributed by atoms with Gasteiger partial charge < -0.3 is 15.2 Å². The van der Waals surface area contributed by atoms with Gasteiger partial charge in [-0.1, -0.05) is 23.2 Å². The molecule has 100 valence electrons. The molecular formula is C13H17Cl2NO2. The Morgan fingerprint density at radius 1 is 1.39 bits per heavy atom. The van der Waals surface area contributed by atoms with Gasteiger partial charge in [-0.3, -0.25) is 0 Å². The smallest absolute Gasteiger partial charge is 0.105 e. The SMILES string of the molecule is CC1OCCC1(O)CNCc1cc(Cl)cc(Cl)c1. The van der Waals surface area contributed by atoms with Gasteiger partial charge in [0.25, 0.3) is 0 Å². The van der Waals surface area contributed by atoms with Crippen LogP contribution in [0.1, 0.15) is 18.9 Å². The molecular weight excluding hydrogens is 273 g/mol. The molecule has 0 aromatic heterocycles. The fourth-order valence-electron chi connectivity index (χ4n) is 2.14. The average molecular weight is 290 g/mol. The van der Waals surface area contributed by atoms with Crippen molar-refractivity contribution in [3.63, 3.8) is 0 Å². The lowest BCUT2D eigenvalue weighted by molar-refractivity contribution is -0.0262. The summed E-state index contributed by atoms with van der Waals surface area (Å²) in [4.78, 5) is 0. The van der Waals surface area contributed by atoms with Crippen LogP contribution in [0.25, 0.3) is 0 Å². The fourth-order valence-corrected chi connectivity index (χ4v) is 2.71. The number of aliphatic hydroxyl groups is 1. The number of halogens is 2. The molecule has 0 aliphatic carbocycles. The van der Waals surface area contributed by atoms with Gasteiger partial charge in [0.05, 0.1) is 6.10 Å². The van der Waals surface area contributed by atoms with Crippen LogP contribution in [0.15, 0.2) is 18.2 Å². The average Bonchev–Trinajstić information content (AvgIpc) is 2.58. The Kier molecular flexibility index (Phi) is 4.51. The highest BCUT2D eigenvalue weighted by atomic mass is 35.5. The lowest BCUT2D eigenvalue weighted by Gasteiger charge is -2.26. The minimum Gasteiger partial charge on any atom is -0.386 e. The highest BCUT2D eigenvalue weighted by molar-refractivity contribution is 6.34. The van der Waals surface area contributed by atoms with E-state index in [0.29, 0.717) is 36.2 Å². The zero-order valence-corrected chi connectivity index (χ0v) is 11.8. The number of rotatable bonds is 4. The zero-order valence-electron chi connectivity index (χ0n) is 10.2. The van der Waals surface area contributed by atoms with Crippen LogP contribution >= 0.6 is 23.2 Å². The van der Waals surface area contributed by atoms with Crippen LogP contribution in [-0.4, -0.2) is 30.0 Å². The standard InChI is InChI=1S/C13H17Cl2NO2/c1-9-13(17,2-3-18-9)8-16-7-10-4-11(14)6-12(15)5-10/h4-6,9,16-17H,2-3,7-8H2,1H3. The third kappa shape index (κ3) is 3.37. The first kappa shape index (κ1) is 14.1. The van der Waals surface area contributed by atoms with Gasteiger partial charge in [0.2, 0.25) is 0 Å². The van der Waals surface area contributed by atoms with Gasteiger partial charge in [-0.15, -0.1) is 0 Å². The summed E-state index contributed by atoms with van der Waals surface area (Å²) in [6.07, 6.45) is 0.533. The van der Waals surface area contributed by atoms with Gasteiger partial charge in [0, 0.05) is 36.2 Å². The summed E-state index contributed by atoms with van der Waals surface area (Å²) >= 11 is 11.9. The van der Waals surface area contributed by atoms with E-state index in [-0.39, 0.29) is 6.10 Å². The van der Waals surface area contributed by atoms with Crippen LogP contribution in [0.2, 0.25) is 10.0 Å². The lowest BCUT2D eigenvalue weighted by Crippen LogP contribution is -2.45. The first-order chi connectivity index (χ1) is 8.49. The molecule has 1 aliphatic heterocycles. The van der Waals surface area contributed by atoms with Gasteiger partial charge in [0.15, 0.2) is 0 Å². The maximum atomic E-state index is 10.3. The second kappa shape index (κ2) is 5.76. The van der Waals surface area contributed by atoms with Crippen molar-refractivity contribution in [1.82, 2.24) is 5.32 Å². The van der Waals surface area contributed by atoms with E-state index in [1.165, 1.54) is 0 Å². The molecule has 0 saturated carbocycles. The van der Waals surface area contributed by atoms with Gasteiger partial charge in [-0.25, -0.2) is 0 Å². The van der Waals surface area contributed by atoms with E-state index in [4.69, 9.17) is 27.9 Å². The monoisotopic (exact) mass is 289 g/mol. The van der Waals surface area contributed by atoms with Crippen LogP contribution < -0.4 is 5.32 Å². The van der Waals surface area contributed by atoms with E-state index < -0.39 is 5.60 Å². The number of benzene rings is 1. The van der Waals surface area contributed by atoms with E-state index >= 15 is 0 Å². The van der Waals surface area contributed by atoms with Gasteiger partial charge in [0.1, 0.15) is 5.60 Å². The number of ether oxygens (including phenoxy) is 1. The maximum Gasteiger partial charge on any atom is 0.105 e. The highest BCUT2D eigenvalue weighted by Crippen LogP contribution is 2.25. The Morgan fingerprint density at radius 2 is 2.06 bits per heavy atom. The van der Waals surface area contributed by atoms with Gasteiger partial charge in [-0.05, 0) is 30.7 Å². The summed E-state index contributed by atoms with van der Waals surface area (Å²) in [6, 6.07) is 5.42. The van der Waals surface area contributed by atoms with E-state index in [1.54, 1.807) is 6.07 Å². The topological polar surface area (TPSA) is 41.5 Å². The highest BCUT2D eigenvalue weighted by Gasteiger charge is 2.38. The Hall–Kier alpha value is -0.320. The molecule has 1 aromatic carbocycles. The van der Waals surface area contributed by atoms with Crippen molar-refractivity contribution in [2.24, 2.45) is 0 Å². The number of nitrogens with one attached hydrogen (secondary N) is 1. The third-order valence-corrected chi connectivity index (χ3v) is 3.78. The molecule has 1 heterocycles. The van der Waals surface area contributed by atoms with Crippen LogP contribution in [-0.2, 0) is 11.3 Å². The molecule has 2 unspecified atom stereocenters. The summed E-state index contributed by atoms with van der Waals surface area (Å²) in [5.74, 6) is 0. The van der Waals surface area contributed by atoms with E-state index in [1.807, 2.05) is 19.1 Å². The molecule has 5 heteroatoms. The first-order valence-corrected chi connectivity index (χ1v) is 6.75. The fraction of sp³-hybridized carbons (Fsp3) is 0.538. The van der Waals surface area contributed by atoms with Gasteiger partial charge >= 0.3 is 0 Å². The summed E-state index contributed by atoms with van der Waals surface area (Å²) in [5, 5.41) is 14.8. The Morgan fingerprint density at radius 3 is 2.61 bits per heavy atom. The minimum absolute atomic E-state index is 0.132. The molecule has 0 radical (unpaired) electrons. The van der Waals surface area contributed by atoms with Crippen molar-refractivity contribution >= 4 is 23.2 Å². The molecule has 0 bridgehead atoms. The molecule has 2 atom stereocenters. The quantitative estimate of drug-likeness (QED) is 0.895. The molecule has 1 saturated heterocycles. The zero-order chi connectivity index (χ0) is 13.2. The molecule has 1 aliphatic rings. The molecule has 18 heavy (non-hydrogen) atoms. The first-order valence-electron chi connectivity index (χ1n) is 5.99. The van der Waals surface area contributed by atoms with E-state index in [9.17, 15) is 5.11 Å². The summed E-state index contributed by atoms with van der Waals surface area (Å²) in [5.41, 5.74) is 0.227. The van der Waals surface area contributed by atoms with Crippen molar-refractivity contribution in [1.29, 1.82) is 0 Å². The Balaban J connectivity index is 1.88. The van der Waals surface area contributed by atoms with Crippen LogP contribution in [0.4, 0.5) is 0 Å². The molecule has 1 aromatic rings. The molecule has 2 rings (SSSR count). The predicted octanol–water partition coefficient (Wildman–Crippen LogP) is 2.62. The summed E-state index contributed by atoms with van der Waals surface area (Å²) in [7, 11) is 0. The summed E-state index contributed by atoms with van der Waals surface area (Å²) in [6.45, 7) is 3.63. The van der Waals surface area contributed by atoms with Crippen LogP contribution in [0, 0.1) is 0 Å². The Labute approximate surface area is 117 Å². The lowest BCUT2D eigenvalue weighted by atomic mass is 9.96. The van der Waals surface area contributed by atoms with Crippen molar-refractivity contribution in [3.8, 4) is 0 Å². The molecule has 0 spiro atoms. The molecule has 2 N–H and O–H groups in total. The van der Waals surface area contributed by atoms with Crippen molar-refractivity contribution < 1.29 is 9.84 Å². The minimum atomic E-state index is -0.775. The van der Waals surface area contributed by atoms with Crippen LogP contribution in [0.5, 0.6) is 0 Å². The number of hydrogen-bond donors (Lipinski definition) is 2. The normalized spacial score (nSPS) is 27.7. The van der Waals surface area contributed by atoms with Crippen molar-refractivity contribution in [2.45, 2.75) is 31.6 Å². The molecule has 0 amide bonds. The number of hydrogen-bond acceptors (Lipinski definition) is 3. The second-order valence-electron chi connectivity index (χ2n) is 4.75. The van der Waals surface area contributed by atoms with Crippen LogP contribution in [0.3, 0.4) is 0 Å². The maximum absolute atomic E-state index is 10.3. The van der Waals surface area contributed by atoms with E-state index in [0.717, 1.165) is 5.56 Å². The molecule has 1 fully saturated rings. The summed E-state index contributed by atoms with van der Waals surface area (Å²) < 4.78 is 5.38. The third-order valence-electron chi connectivity index (χ3n) is 3.34. The largest absolute Gasteiger partial charge is 0.386 e. The molecule has 3 nitrogen and oxygen atoms in total. The van der Waals surface area contributed by atoms with E-state index in [2.05, 4.69) is 5.32 Å². The van der Waals surface area contributed by atoms with Gasteiger partial charge in [-0.2, -0.15) is 0 Å². The van der Waals surface area contributed by atoms with Crippen molar-refractivity contribution in [2.75, 3.05) is 13.2 Å². The Bertz CT molecular complexity index is 407.